The summed E-state index contributed by atoms with van der Waals surface area (Å²) >= 11 is 1.55. The number of thiophene rings is 1. The summed E-state index contributed by atoms with van der Waals surface area (Å²) in [5.74, 6) is 0.175. The number of piperidine rings is 1. The number of aryl methyl sites for hydroxylation is 1. The van der Waals surface area contributed by atoms with Gasteiger partial charge in [-0.05, 0) is 48.1 Å². The highest BCUT2D eigenvalue weighted by Gasteiger charge is 2.34. The predicted octanol–water partition coefficient (Wildman–Crippen LogP) is 2.94. The van der Waals surface area contributed by atoms with Crippen LogP contribution in [0.25, 0.3) is 0 Å². The number of aliphatic hydroxyl groups excluding tert-OH is 1. The molecule has 0 bridgehead atoms. The molecular weight excluding hydrogens is 258 g/mol. The molecule has 1 amide bonds. The first-order valence-corrected chi connectivity index (χ1v) is 8.00. The first-order valence-electron chi connectivity index (χ1n) is 7.12. The van der Waals surface area contributed by atoms with Crippen LogP contribution in [-0.4, -0.2) is 35.6 Å². The third kappa shape index (κ3) is 2.84. The van der Waals surface area contributed by atoms with Gasteiger partial charge in [0.2, 0.25) is 0 Å². The van der Waals surface area contributed by atoms with Gasteiger partial charge in [0.05, 0.1) is 4.88 Å². The SMILES string of the molecule is CCc1ccsc1C(=O)N1CCC(CC)(CO)CC1. The van der Waals surface area contributed by atoms with Crippen molar-refractivity contribution in [2.75, 3.05) is 19.7 Å². The van der Waals surface area contributed by atoms with Crippen LogP contribution < -0.4 is 0 Å². The minimum Gasteiger partial charge on any atom is -0.396 e. The molecule has 1 aromatic rings. The molecule has 0 radical (unpaired) electrons. The second-order valence-electron chi connectivity index (χ2n) is 5.43. The normalized spacial score (nSPS) is 18.6. The minimum absolute atomic E-state index is 0.0415. The van der Waals surface area contributed by atoms with Gasteiger partial charge in [0.25, 0.3) is 5.91 Å². The smallest absolute Gasteiger partial charge is 0.264 e. The Balaban J connectivity index is 2.04. The van der Waals surface area contributed by atoms with Crippen molar-refractivity contribution in [3.05, 3.63) is 21.9 Å². The molecule has 1 aliphatic heterocycles. The second kappa shape index (κ2) is 6.06. The number of likely N-dealkylation sites (tertiary alicyclic amines) is 1. The van der Waals surface area contributed by atoms with Crippen LogP contribution in [0.4, 0.5) is 0 Å². The van der Waals surface area contributed by atoms with Crippen molar-refractivity contribution in [3.63, 3.8) is 0 Å². The molecule has 0 saturated carbocycles. The van der Waals surface area contributed by atoms with Gasteiger partial charge < -0.3 is 10.0 Å². The lowest BCUT2D eigenvalue weighted by atomic mass is 9.77. The highest BCUT2D eigenvalue weighted by Crippen LogP contribution is 2.35. The molecule has 2 rings (SSSR count). The lowest BCUT2D eigenvalue weighted by Crippen LogP contribution is -2.44. The zero-order chi connectivity index (χ0) is 13.9. The number of carbonyl (C=O) groups is 1. The lowest BCUT2D eigenvalue weighted by Gasteiger charge is -2.40. The maximum Gasteiger partial charge on any atom is 0.264 e. The zero-order valence-corrected chi connectivity index (χ0v) is 12.6. The summed E-state index contributed by atoms with van der Waals surface area (Å²) in [6.45, 7) is 6.00. The molecule has 0 aliphatic carbocycles. The fraction of sp³-hybridized carbons (Fsp3) is 0.667. The number of rotatable bonds is 4. The number of amides is 1. The van der Waals surface area contributed by atoms with Gasteiger partial charge in [-0.15, -0.1) is 11.3 Å². The monoisotopic (exact) mass is 281 g/mol. The molecule has 19 heavy (non-hydrogen) atoms. The average Bonchev–Trinajstić information content (AvgIpc) is 2.95. The topological polar surface area (TPSA) is 40.5 Å². The maximum absolute atomic E-state index is 12.5. The molecule has 0 atom stereocenters. The number of hydrogen-bond acceptors (Lipinski definition) is 3. The molecule has 2 heterocycles. The molecule has 106 valence electrons. The molecule has 1 aliphatic rings. The molecule has 0 aromatic carbocycles. The average molecular weight is 281 g/mol. The van der Waals surface area contributed by atoms with E-state index in [4.69, 9.17) is 0 Å². The molecule has 1 aromatic heterocycles. The van der Waals surface area contributed by atoms with Crippen LogP contribution >= 0.6 is 11.3 Å². The molecule has 0 unspecified atom stereocenters. The van der Waals surface area contributed by atoms with Crippen molar-refractivity contribution in [3.8, 4) is 0 Å². The van der Waals surface area contributed by atoms with Gasteiger partial charge in [-0.1, -0.05) is 13.8 Å². The Morgan fingerprint density at radius 2 is 2.11 bits per heavy atom. The van der Waals surface area contributed by atoms with Gasteiger partial charge in [0.1, 0.15) is 0 Å². The third-order valence-corrected chi connectivity index (χ3v) is 5.46. The Labute approximate surface area is 119 Å². The Hall–Kier alpha value is -0.870. The van der Waals surface area contributed by atoms with Crippen LogP contribution in [0.2, 0.25) is 0 Å². The van der Waals surface area contributed by atoms with Crippen molar-refractivity contribution in [1.82, 2.24) is 4.90 Å². The minimum atomic E-state index is 0.0415. The summed E-state index contributed by atoms with van der Waals surface area (Å²) in [4.78, 5) is 15.4. The van der Waals surface area contributed by atoms with Gasteiger partial charge in [-0.3, -0.25) is 4.79 Å². The standard InChI is InChI=1S/C15H23NO2S/c1-3-12-5-10-19-13(12)14(18)16-8-6-15(4-2,11-17)7-9-16/h5,10,17H,3-4,6-9,11H2,1-2H3. The van der Waals surface area contributed by atoms with Crippen LogP contribution in [0.1, 0.15) is 48.3 Å². The van der Waals surface area contributed by atoms with Crippen LogP contribution in [0.5, 0.6) is 0 Å². The number of aliphatic hydroxyl groups is 1. The van der Waals surface area contributed by atoms with Crippen LogP contribution in [-0.2, 0) is 6.42 Å². The largest absolute Gasteiger partial charge is 0.396 e. The predicted molar refractivity (Wildman–Crippen MR) is 78.6 cm³/mol. The first-order chi connectivity index (χ1) is 9.15. The van der Waals surface area contributed by atoms with Crippen molar-refractivity contribution < 1.29 is 9.90 Å². The van der Waals surface area contributed by atoms with E-state index in [2.05, 4.69) is 13.8 Å². The number of hydrogen-bond donors (Lipinski definition) is 1. The Morgan fingerprint density at radius 3 is 2.63 bits per heavy atom. The molecule has 0 spiro atoms. The second-order valence-corrected chi connectivity index (χ2v) is 6.35. The highest BCUT2D eigenvalue weighted by atomic mass is 32.1. The highest BCUT2D eigenvalue weighted by molar-refractivity contribution is 7.12. The quantitative estimate of drug-likeness (QED) is 0.922. The molecule has 3 nitrogen and oxygen atoms in total. The van der Waals surface area contributed by atoms with E-state index in [-0.39, 0.29) is 17.9 Å². The molecule has 4 heteroatoms. The molecular formula is C15H23NO2S. The Morgan fingerprint density at radius 1 is 1.42 bits per heavy atom. The molecule has 1 saturated heterocycles. The third-order valence-electron chi connectivity index (χ3n) is 4.52. The van der Waals surface area contributed by atoms with E-state index < -0.39 is 0 Å². The van der Waals surface area contributed by atoms with Gasteiger partial charge in [0, 0.05) is 19.7 Å². The summed E-state index contributed by atoms with van der Waals surface area (Å²) in [7, 11) is 0. The van der Waals surface area contributed by atoms with E-state index in [9.17, 15) is 9.90 Å². The van der Waals surface area contributed by atoms with Crippen molar-refractivity contribution in [2.45, 2.75) is 39.5 Å². The summed E-state index contributed by atoms with van der Waals surface area (Å²) in [6.07, 6.45) is 3.73. The zero-order valence-electron chi connectivity index (χ0n) is 11.8. The van der Waals surface area contributed by atoms with Crippen molar-refractivity contribution in [1.29, 1.82) is 0 Å². The fourth-order valence-electron chi connectivity index (χ4n) is 2.75. The Kier molecular flexibility index (Phi) is 4.63. The Bertz CT molecular complexity index is 427. The van der Waals surface area contributed by atoms with E-state index in [1.807, 2.05) is 16.3 Å². The summed E-state index contributed by atoms with van der Waals surface area (Å²) in [5, 5.41) is 11.5. The van der Waals surface area contributed by atoms with Crippen LogP contribution in [0.3, 0.4) is 0 Å². The van der Waals surface area contributed by atoms with Gasteiger partial charge in [-0.2, -0.15) is 0 Å². The summed E-state index contributed by atoms with van der Waals surface area (Å²) in [5.41, 5.74) is 1.20. The van der Waals surface area contributed by atoms with E-state index in [0.29, 0.717) is 0 Å². The summed E-state index contributed by atoms with van der Waals surface area (Å²) in [6, 6.07) is 2.05. The van der Waals surface area contributed by atoms with Gasteiger partial charge in [-0.25, -0.2) is 0 Å². The molecule has 1 N–H and O–H groups in total. The van der Waals surface area contributed by atoms with Crippen LogP contribution in [0, 0.1) is 5.41 Å². The maximum atomic E-state index is 12.5. The van der Waals surface area contributed by atoms with Gasteiger partial charge >= 0.3 is 0 Å². The van der Waals surface area contributed by atoms with E-state index in [0.717, 1.165) is 49.2 Å². The van der Waals surface area contributed by atoms with Crippen LogP contribution in [0.15, 0.2) is 11.4 Å². The van der Waals surface area contributed by atoms with E-state index >= 15 is 0 Å². The van der Waals surface area contributed by atoms with E-state index in [1.165, 1.54) is 0 Å². The van der Waals surface area contributed by atoms with Crippen molar-refractivity contribution >= 4 is 17.2 Å². The fourth-order valence-corrected chi connectivity index (χ4v) is 3.72. The number of nitrogens with zero attached hydrogens (tertiary/aromatic N) is 1. The number of carbonyl (C=O) groups excluding carboxylic acids is 1. The van der Waals surface area contributed by atoms with Gasteiger partial charge in [0.15, 0.2) is 0 Å². The first kappa shape index (κ1) is 14.5. The van der Waals surface area contributed by atoms with E-state index in [1.54, 1.807) is 11.3 Å². The van der Waals surface area contributed by atoms with Crippen molar-refractivity contribution in [2.24, 2.45) is 5.41 Å². The molecule has 1 fully saturated rings. The summed E-state index contributed by atoms with van der Waals surface area (Å²) < 4.78 is 0. The lowest BCUT2D eigenvalue weighted by molar-refractivity contribution is 0.0340.